The van der Waals surface area contributed by atoms with Crippen LogP contribution in [0.1, 0.15) is 23.1 Å². The van der Waals surface area contributed by atoms with Crippen LogP contribution in [0.25, 0.3) is 15.9 Å². The molecule has 0 radical (unpaired) electrons. The highest BCUT2D eigenvalue weighted by Crippen LogP contribution is 2.27. The molecule has 0 spiro atoms. The molecule has 2 aromatic carbocycles. The van der Waals surface area contributed by atoms with Gasteiger partial charge in [-0.1, -0.05) is 35.6 Å². The van der Waals surface area contributed by atoms with Crippen LogP contribution in [-0.4, -0.2) is 25.9 Å². The maximum Gasteiger partial charge on any atom is 0.279 e. The van der Waals surface area contributed by atoms with E-state index in [1.807, 2.05) is 6.92 Å². The molecule has 4 rings (SSSR count). The SMILES string of the molecule is CCc1c(C(=O)Nc2nc3ccc(F)cc3s2)nnn1-c1ccccc1F. The summed E-state index contributed by atoms with van der Waals surface area (Å²) < 4.78 is 29.3. The highest BCUT2D eigenvalue weighted by Gasteiger charge is 2.21. The molecule has 136 valence electrons. The Morgan fingerprint density at radius 3 is 2.81 bits per heavy atom. The van der Waals surface area contributed by atoms with Crippen molar-refractivity contribution in [2.24, 2.45) is 0 Å². The quantitative estimate of drug-likeness (QED) is 0.577. The zero-order valence-electron chi connectivity index (χ0n) is 14.1. The van der Waals surface area contributed by atoms with E-state index in [1.54, 1.807) is 24.3 Å². The van der Waals surface area contributed by atoms with Crippen molar-refractivity contribution in [1.29, 1.82) is 0 Å². The highest BCUT2D eigenvalue weighted by atomic mass is 32.1. The molecule has 9 heteroatoms. The van der Waals surface area contributed by atoms with E-state index in [0.717, 1.165) is 11.3 Å². The van der Waals surface area contributed by atoms with Crippen LogP contribution in [0.15, 0.2) is 42.5 Å². The van der Waals surface area contributed by atoms with E-state index in [1.165, 1.54) is 22.9 Å². The first-order chi connectivity index (χ1) is 13.1. The highest BCUT2D eigenvalue weighted by molar-refractivity contribution is 7.22. The van der Waals surface area contributed by atoms with Crippen molar-refractivity contribution in [3.05, 3.63) is 65.5 Å². The maximum absolute atomic E-state index is 14.1. The molecule has 0 atom stereocenters. The first-order valence-corrected chi connectivity index (χ1v) is 8.95. The van der Waals surface area contributed by atoms with Gasteiger partial charge in [0.1, 0.15) is 17.3 Å². The van der Waals surface area contributed by atoms with Crippen molar-refractivity contribution >= 4 is 32.6 Å². The Hall–Kier alpha value is -3.20. The molecule has 0 unspecified atom stereocenters. The summed E-state index contributed by atoms with van der Waals surface area (Å²) in [7, 11) is 0. The lowest BCUT2D eigenvalue weighted by Gasteiger charge is -2.06. The number of nitrogens with zero attached hydrogens (tertiary/aromatic N) is 4. The molecule has 0 aliphatic carbocycles. The van der Waals surface area contributed by atoms with E-state index >= 15 is 0 Å². The lowest BCUT2D eigenvalue weighted by atomic mass is 10.2. The van der Waals surface area contributed by atoms with Gasteiger partial charge in [-0.05, 0) is 36.8 Å². The Balaban J connectivity index is 1.66. The fourth-order valence-corrected chi connectivity index (χ4v) is 3.61. The molecular formula is C18H13F2N5OS. The van der Waals surface area contributed by atoms with Crippen LogP contribution in [0.4, 0.5) is 13.9 Å². The first kappa shape index (κ1) is 17.2. The number of amides is 1. The lowest BCUT2D eigenvalue weighted by Crippen LogP contribution is -2.15. The van der Waals surface area contributed by atoms with Crippen LogP contribution in [0.5, 0.6) is 0 Å². The number of benzene rings is 2. The van der Waals surface area contributed by atoms with Crippen LogP contribution < -0.4 is 5.32 Å². The standard InChI is InChI=1S/C18H13F2N5OS/c1-2-13-16(23-24-25(13)14-6-4-3-5-11(14)20)17(26)22-18-21-12-8-7-10(19)9-15(12)27-18/h3-9H,2H2,1H3,(H,21,22,26). The zero-order valence-corrected chi connectivity index (χ0v) is 14.9. The number of nitrogens with one attached hydrogen (secondary N) is 1. The fraction of sp³-hybridized carbons (Fsp3) is 0.111. The molecule has 0 saturated carbocycles. The number of fused-ring (bicyclic) bond motifs is 1. The van der Waals surface area contributed by atoms with Gasteiger partial charge in [0.15, 0.2) is 10.8 Å². The average Bonchev–Trinajstić information content (AvgIpc) is 3.24. The Labute approximate surface area is 156 Å². The molecule has 1 N–H and O–H groups in total. The minimum Gasteiger partial charge on any atom is -0.296 e. The Bertz CT molecular complexity index is 1150. The lowest BCUT2D eigenvalue weighted by molar-refractivity contribution is 0.102. The van der Waals surface area contributed by atoms with Crippen LogP contribution in [0, 0.1) is 11.6 Å². The van der Waals surface area contributed by atoms with Crippen molar-refractivity contribution in [2.45, 2.75) is 13.3 Å². The molecule has 6 nitrogen and oxygen atoms in total. The molecule has 2 heterocycles. The molecule has 0 aliphatic rings. The Morgan fingerprint density at radius 2 is 2.04 bits per heavy atom. The van der Waals surface area contributed by atoms with Gasteiger partial charge >= 0.3 is 0 Å². The minimum absolute atomic E-state index is 0.0891. The second-order valence-corrected chi connectivity index (χ2v) is 6.72. The molecule has 27 heavy (non-hydrogen) atoms. The number of carbonyl (C=O) groups is 1. The van der Waals surface area contributed by atoms with Gasteiger partial charge in [0.25, 0.3) is 5.91 Å². The molecule has 1 amide bonds. The summed E-state index contributed by atoms with van der Waals surface area (Å²) in [6.45, 7) is 1.83. The Morgan fingerprint density at radius 1 is 1.22 bits per heavy atom. The summed E-state index contributed by atoms with van der Waals surface area (Å²) in [4.78, 5) is 16.9. The molecule has 0 aliphatic heterocycles. The van der Waals surface area contributed by atoms with E-state index in [0.29, 0.717) is 27.5 Å². The van der Waals surface area contributed by atoms with Gasteiger partial charge in [0, 0.05) is 0 Å². The van der Waals surface area contributed by atoms with Gasteiger partial charge in [0.05, 0.1) is 15.9 Å². The van der Waals surface area contributed by atoms with E-state index in [2.05, 4.69) is 20.6 Å². The molecule has 2 aromatic heterocycles. The second-order valence-electron chi connectivity index (χ2n) is 5.69. The van der Waals surface area contributed by atoms with E-state index in [-0.39, 0.29) is 17.2 Å². The zero-order chi connectivity index (χ0) is 19.0. The van der Waals surface area contributed by atoms with Crippen LogP contribution >= 0.6 is 11.3 Å². The Kier molecular flexibility index (Phi) is 4.36. The number of aromatic nitrogens is 4. The molecule has 0 fully saturated rings. The van der Waals surface area contributed by atoms with Crippen molar-refractivity contribution in [3.63, 3.8) is 0 Å². The van der Waals surface area contributed by atoms with Gasteiger partial charge in [-0.15, -0.1) is 5.10 Å². The van der Waals surface area contributed by atoms with Gasteiger partial charge in [-0.2, -0.15) is 0 Å². The van der Waals surface area contributed by atoms with Gasteiger partial charge in [0.2, 0.25) is 0 Å². The van der Waals surface area contributed by atoms with Gasteiger partial charge in [-0.3, -0.25) is 10.1 Å². The van der Waals surface area contributed by atoms with Crippen LogP contribution in [0.2, 0.25) is 0 Å². The number of halogens is 2. The summed E-state index contributed by atoms with van der Waals surface area (Å²) in [6.07, 6.45) is 0.426. The third-order valence-corrected chi connectivity index (χ3v) is 4.90. The number of anilines is 1. The van der Waals surface area contributed by atoms with Gasteiger partial charge < -0.3 is 0 Å². The maximum atomic E-state index is 14.1. The number of thiazole rings is 1. The van der Waals surface area contributed by atoms with E-state index in [9.17, 15) is 13.6 Å². The minimum atomic E-state index is -0.506. The summed E-state index contributed by atoms with van der Waals surface area (Å²) in [5, 5.41) is 10.8. The fourth-order valence-electron chi connectivity index (χ4n) is 2.72. The second kappa shape index (κ2) is 6.84. The summed E-state index contributed by atoms with van der Waals surface area (Å²) in [5.41, 5.74) is 1.37. The monoisotopic (exact) mass is 385 g/mol. The van der Waals surface area contributed by atoms with E-state index < -0.39 is 11.7 Å². The topological polar surface area (TPSA) is 72.7 Å². The number of rotatable bonds is 4. The molecule has 0 saturated heterocycles. The average molecular weight is 385 g/mol. The third kappa shape index (κ3) is 3.17. The summed E-state index contributed by atoms with van der Waals surface area (Å²) >= 11 is 1.16. The van der Waals surface area contributed by atoms with Crippen LogP contribution in [-0.2, 0) is 6.42 Å². The third-order valence-electron chi connectivity index (χ3n) is 3.96. The van der Waals surface area contributed by atoms with Gasteiger partial charge in [-0.25, -0.2) is 18.4 Å². The first-order valence-electron chi connectivity index (χ1n) is 8.13. The summed E-state index contributed by atoms with van der Waals surface area (Å²) in [6, 6.07) is 10.3. The normalized spacial score (nSPS) is 11.1. The largest absolute Gasteiger partial charge is 0.296 e. The van der Waals surface area contributed by atoms with Crippen molar-refractivity contribution < 1.29 is 13.6 Å². The molecular weight excluding hydrogens is 372 g/mol. The number of carbonyl (C=O) groups excluding carboxylic acids is 1. The summed E-state index contributed by atoms with van der Waals surface area (Å²) in [5.74, 6) is -1.34. The number of hydrogen-bond acceptors (Lipinski definition) is 5. The number of hydrogen-bond donors (Lipinski definition) is 1. The molecule has 0 bridgehead atoms. The van der Waals surface area contributed by atoms with Crippen molar-refractivity contribution in [1.82, 2.24) is 20.0 Å². The van der Waals surface area contributed by atoms with Crippen LogP contribution in [0.3, 0.4) is 0 Å². The smallest absolute Gasteiger partial charge is 0.279 e. The van der Waals surface area contributed by atoms with Crippen molar-refractivity contribution in [2.75, 3.05) is 5.32 Å². The predicted molar refractivity (Wildman–Crippen MR) is 98.2 cm³/mol. The number of para-hydroxylation sites is 1. The predicted octanol–water partition coefficient (Wildman–Crippen LogP) is 3.97. The molecule has 4 aromatic rings. The van der Waals surface area contributed by atoms with E-state index in [4.69, 9.17) is 0 Å². The van der Waals surface area contributed by atoms with Crippen molar-refractivity contribution in [3.8, 4) is 5.69 Å².